The third-order valence-corrected chi connectivity index (χ3v) is 6.18. The van der Waals surface area contributed by atoms with Crippen molar-refractivity contribution in [3.8, 4) is 0 Å². The zero-order valence-electron chi connectivity index (χ0n) is 18.1. The standard InChI is InChI=1S/C23H27ClN6O2/c1-25-20(31)16-11-18-19(12-17(16)21(32)26-2)30-23(6-8-27-9-7-23)22(29-18)28-13-14-4-3-5-15(24)10-14/h3-5,10-12,27,30H,6-9,13H2,1-2H3,(H,25,31)(H,26,32)(H,28,29). The number of anilines is 1. The van der Waals surface area contributed by atoms with Crippen molar-refractivity contribution in [3.05, 3.63) is 58.1 Å². The van der Waals surface area contributed by atoms with E-state index in [-0.39, 0.29) is 22.9 Å². The van der Waals surface area contributed by atoms with E-state index in [0.717, 1.165) is 43.0 Å². The minimum Gasteiger partial charge on any atom is -0.371 e. The molecule has 4 rings (SSSR count). The zero-order valence-corrected chi connectivity index (χ0v) is 18.9. The number of hydrogen-bond donors (Lipinski definition) is 5. The highest BCUT2D eigenvalue weighted by Gasteiger charge is 2.41. The van der Waals surface area contributed by atoms with E-state index in [2.05, 4.69) is 26.6 Å². The summed E-state index contributed by atoms with van der Waals surface area (Å²) in [6.07, 6.45) is 1.67. The number of hydrogen-bond acceptors (Lipinski definition) is 6. The van der Waals surface area contributed by atoms with Gasteiger partial charge < -0.3 is 26.6 Å². The van der Waals surface area contributed by atoms with E-state index in [1.807, 2.05) is 24.3 Å². The topological polar surface area (TPSA) is 107 Å². The first-order valence-corrected chi connectivity index (χ1v) is 11.0. The van der Waals surface area contributed by atoms with Gasteiger partial charge in [0.25, 0.3) is 11.8 Å². The van der Waals surface area contributed by atoms with Gasteiger partial charge in [-0.25, -0.2) is 4.99 Å². The van der Waals surface area contributed by atoms with Crippen LogP contribution < -0.4 is 26.6 Å². The van der Waals surface area contributed by atoms with Gasteiger partial charge in [-0.1, -0.05) is 23.7 Å². The molecule has 1 spiro atoms. The summed E-state index contributed by atoms with van der Waals surface area (Å²) in [4.78, 5) is 29.9. The largest absolute Gasteiger partial charge is 0.371 e. The summed E-state index contributed by atoms with van der Waals surface area (Å²) in [6.45, 7) is 2.27. The number of fused-ring (bicyclic) bond motifs is 1. The van der Waals surface area contributed by atoms with Crippen molar-refractivity contribution in [2.45, 2.75) is 24.9 Å². The first-order valence-electron chi connectivity index (χ1n) is 10.6. The molecule has 5 N–H and O–H groups in total. The highest BCUT2D eigenvalue weighted by molar-refractivity contribution is 6.30. The van der Waals surface area contributed by atoms with Crippen LogP contribution in [0.15, 0.2) is 41.4 Å². The first kappa shape index (κ1) is 22.1. The second kappa shape index (κ2) is 9.18. The molecule has 1 fully saturated rings. The number of rotatable bonds is 4. The molecule has 0 unspecified atom stereocenters. The van der Waals surface area contributed by atoms with Crippen LogP contribution >= 0.6 is 11.6 Å². The van der Waals surface area contributed by atoms with E-state index >= 15 is 0 Å². The molecule has 168 valence electrons. The van der Waals surface area contributed by atoms with Gasteiger partial charge in [0.15, 0.2) is 0 Å². The summed E-state index contributed by atoms with van der Waals surface area (Å²) in [6, 6.07) is 11.1. The molecule has 0 bridgehead atoms. The van der Waals surface area contributed by atoms with Gasteiger partial charge in [-0.2, -0.15) is 0 Å². The Bertz CT molecular complexity index is 1080. The molecule has 0 aliphatic carbocycles. The fourth-order valence-electron chi connectivity index (χ4n) is 4.23. The lowest BCUT2D eigenvalue weighted by molar-refractivity contribution is 0.0929. The monoisotopic (exact) mass is 454 g/mol. The van der Waals surface area contributed by atoms with Crippen molar-refractivity contribution >= 4 is 40.6 Å². The van der Waals surface area contributed by atoms with Gasteiger partial charge in [0, 0.05) is 25.7 Å². The molecular weight excluding hydrogens is 428 g/mol. The molecule has 32 heavy (non-hydrogen) atoms. The molecule has 0 saturated carbocycles. The summed E-state index contributed by atoms with van der Waals surface area (Å²) < 4.78 is 0. The number of aliphatic imine (C=N–C) groups is 1. The van der Waals surface area contributed by atoms with Gasteiger partial charge in [0.1, 0.15) is 5.84 Å². The minimum absolute atomic E-state index is 0.284. The number of amides is 2. The van der Waals surface area contributed by atoms with Crippen LogP contribution in [0.1, 0.15) is 39.1 Å². The summed E-state index contributed by atoms with van der Waals surface area (Å²) in [7, 11) is 3.09. The number of benzene rings is 2. The van der Waals surface area contributed by atoms with Gasteiger partial charge in [-0.05, 0) is 55.8 Å². The Hall–Kier alpha value is -3.10. The highest BCUT2D eigenvalue weighted by atomic mass is 35.5. The van der Waals surface area contributed by atoms with Crippen LogP contribution in [0.5, 0.6) is 0 Å². The van der Waals surface area contributed by atoms with E-state index in [9.17, 15) is 9.59 Å². The molecule has 0 radical (unpaired) electrons. The second-order valence-electron chi connectivity index (χ2n) is 7.97. The number of halogens is 1. The van der Waals surface area contributed by atoms with Crippen LogP contribution in [0.4, 0.5) is 11.4 Å². The highest BCUT2D eigenvalue weighted by Crippen LogP contribution is 2.39. The smallest absolute Gasteiger partial charge is 0.251 e. The van der Waals surface area contributed by atoms with Crippen LogP contribution in [0, 0.1) is 0 Å². The molecule has 2 amide bonds. The molecule has 2 heterocycles. The van der Waals surface area contributed by atoms with E-state index in [0.29, 0.717) is 22.8 Å². The summed E-state index contributed by atoms with van der Waals surface area (Å²) >= 11 is 6.14. The molecule has 0 atom stereocenters. The lowest BCUT2D eigenvalue weighted by Crippen LogP contribution is -2.58. The predicted octanol–water partition coefficient (Wildman–Crippen LogP) is 2.43. The van der Waals surface area contributed by atoms with Crippen LogP contribution in [0.25, 0.3) is 0 Å². The zero-order chi connectivity index (χ0) is 22.7. The summed E-state index contributed by atoms with van der Waals surface area (Å²) in [5.74, 6) is 0.167. The number of nitrogens with one attached hydrogen (secondary N) is 5. The number of amidine groups is 1. The second-order valence-corrected chi connectivity index (χ2v) is 8.41. The van der Waals surface area contributed by atoms with Crippen molar-refractivity contribution in [2.24, 2.45) is 4.99 Å². The van der Waals surface area contributed by atoms with Crippen molar-refractivity contribution < 1.29 is 9.59 Å². The molecule has 9 heteroatoms. The summed E-state index contributed by atoms with van der Waals surface area (Å²) in [5.41, 5.74) is 2.63. The lowest BCUT2D eigenvalue weighted by atomic mass is 9.84. The maximum atomic E-state index is 12.5. The van der Waals surface area contributed by atoms with Gasteiger partial charge in [0.2, 0.25) is 0 Å². The number of nitrogens with zero attached hydrogens (tertiary/aromatic N) is 1. The molecule has 2 aliphatic rings. The van der Waals surface area contributed by atoms with Crippen molar-refractivity contribution in [1.29, 1.82) is 0 Å². The Kier molecular flexibility index (Phi) is 6.34. The molecule has 2 aliphatic heterocycles. The van der Waals surface area contributed by atoms with Gasteiger partial charge >= 0.3 is 0 Å². The van der Waals surface area contributed by atoms with Crippen LogP contribution in [-0.4, -0.2) is 50.4 Å². The maximum Gasteiger partial charge on any atom is 0.251 e. The summed E-state index contributed by atoms with van der Waals surface area (Å²) in [5, 5.41) is 16.4. The lowest BCUT2D eigenvalue weighted by Gasteiger charge is -2.43. The van der Waals surface area contributed by atoms with E-state index < -0.39 is 0 Å². The molecule has 2 aromatic carbocycles. The average molecular weight is 455 g/mol. The average Bonchev–Trinajstić information content (AvgIpc) is 2.81. The van der Waals surface area contributed by atoms with Crippen molar-refractivity contribution in [2.75, 3.05) is 32.5 Å². The van der Waals surface area contributed by atoms with Gasteiger partial charge in [0.05, 0.1) is 28.0 Å². The SMILES string of the molecule is CNC(=O)c1cc2c(cc1C(=O)NC)NC1(CCNCC1)C(NCc1cccc(Cl)c1)=N2. The number of carbonyl (C=O) groups excluding carboxylic acids is 2. The van der Waals surface area contributed by atoms with E-state index in [4.69, 9.17) is 16.6 Å². The Morgan fingerprint density at radius 1 is 1.06 bits per heavy atom. The first-order chi connectivity index (χ1) is 15.5. The maximum absolute atomic E-state index is 12.5. The normalized spacial score (nSPS) is 16.4. The molecule has 2 aromatic rings. The van der Waals surface area contributed by atoms with Crippen LogP contribution in [0.2, 0.25) is 5.02 Å². The molecular formula is C23H27ClN6O2. The molecule has 8 nitrogen and oxygen atoms in total. The number of piperidine rings is 1. The third kappa shape index (κ3) is 4.28. The third-order valence-electron chi connectivity index (χ3n) is 5.94. The quantitative estimate of drug-likeness (QED) is 0.488. The van der Waals surface area contributed by atoms with Crippen LogP contribution in [-0.2, 0) is 6.54 Å². The van der Waals surface area contributed by atoms with Gasteiger partial charge in [-0.3, -0.25) is 9.59 Å². The fourth-order valence-corrected chi connectivity index (χ4v) is 4.44. The Labute approximate surface area is 192 Å². The predicted molar refractivity (Wildman–Crippen MR) is 127 cm³/mol. The Morgan fingerprint density at radius 2 is 1.75 bits per heavy atom. The fraction of sp³-hybridized carbons (Fsp3) is 0.348. The van der Waals surface area contributed by atoms with Crippen molar-refractivity contribution in [3.63, 3.8) is 0 Å². The van der Waals surface area contributed by atoms with Crippen molar-refractivity contribution in [1.82, 2.24) is 21.3 Å². The minimum atomic E-state index is -0.384. The van der Waals surface area contributed by atoms with Gasteiger partial charge in [-0.15, -0.1) is 0 Å². The van der Waals surface area contributed by atoms with E-state index in [1.54, 1.807) is 26.2 Å². The molecule has 1 saturated heterocycles. The Balaban J connectivity index is 1.75. The Morgan fingerprint density at radius 3 is 2.41 bits per heavy atom. The van der Waals surface area contributed by atoms with E-state index in [1.165, 1.54) is 0 Å². The van der Waals surface area contributed by atoms with Crippen LogP contribution in [0.3, 0.4) is 0 Å². The number of carbonyl (C=O) groups is 2. The molecule has 0 aromatic heterocycles.